The fraction of sp³-hybridized carbons (Fsp3) is 0.700. The van der Waals surface area contributed by atoms with Crippen LogP contribution >= 0.6 is 11.3 Å². The Morgan fingerprint density at radius 3 is 2.47 bits per heavy atom. The fourth-order valence-corrected chi connectivity index (χ4v) is 3.36. The van der Waals surface area contributed by atoms with Crippen molar-refractivity contribution in [2.75, 3.05) is 32.4 Å². The van der Waals surface area contributed by atoms with Crippen LogP contribution in [-0.4, -0.2) is 55.0 Å². The lowest BCUT2D eigenvalue weighted by molar-refractivity contribution is 0.180. The van der Waals surface area contributed by atoms with Gasteiger partial charge in [-0.15, -0.1) is 11.3 Å². The van der Waals surface area contributed by atoms with Gasteiger partial charge in [0.05, 0.1) is 17.0 Å². The first-order chi connectivity index (χ1) is 7.95. The Kier molecular flexibility index (Phi) is 3.82. The van der Waals surface area contributed by atoms with Gasteiger partial charge < -0.3 is 0 Å². The van der Waals surface area contributed by atoms with Gasteiger partial charge in [0, 0.05) is 38.1 Å². The summed E-state index contributed by atoms with van der Waals surface area (Å²) >= 11 is 1.65. The van der Waals surface area contributed by atoms with Crippen LogP contribution in [0.5, 0.6) is 0 Å². The van der Waals surface area contributed by atoms with Crippen LogP contribution in [0, 0.1) is 6.92 Å². The fourth-order valence-electron chi connectivity index (χ4n) is 1.93. The molecule has 1 fully saturated rings. The number of hydrogen-bond acceptors (Lipinski definition) is 5. The monoisotopic (exact) mass is 275 g/mol. The number of hydrogen-bond donors (Lipinski definition) is 0. The van der Waals surface area contributed by atoms with Crippen molar-refractivity contribution in [3.8, 4) is 0 Å². The quantitative estimate of drug-likeness (QED) is 0.807. The van der Waals surface area contributed by atoms with E-state index >= 15 is 0 Å². The van der Waals surface area contributed by atoms with Crippen LogP contribution in [0.25, 0.3) is 0 Å². The molecule has 2 heterocycles. The van der Waals surface area contributed by atoms with Crippen LogP contribution in [0.2, 0.25) is 0 Å². The van der Waals surface area contributed by atoms with E-state index in [-0.39, 0.29) is 0 Å². The number of aromatic nitrogens is 1. The molecular formula is C10H17N3O2S2. The summed E-state index contributed by atoms with van der Waals surface area (Å²) in [7, 11) is -3.02. The Morgan fingerprint density at radius 2 is 2.00 bits per heavy atom. The SMILES string of the molecule is Cc1nc(CN2CCN(S(C)(=O)=O)CC2)cs1. The molecule has 0 N–H and O–H groups in total. The average molecular weight is 275 g/mol. The van der Waals surface area contributed by atoms with Gasteiger partial charge >= 0.3 is 0 Å². The zero-order valence-electron chi connectivity index (χ0n) is 10.1. The molecular weight excluding hydrogens is 258 g/mol. The van der Waals surface area contributed by atoms with Crippen molar-refractivity contribution >= 4 is 21.4 Å². The summed E-state index contributed by atoms with van der Waals surface area (Å²) in [5.41, 5.74) is 1.08. The number of sulfonamides is 1. The number of rotatable bonds is 3. The first-order valence-corrected chi connectivity index (χ1v) is 8.26. The molecule has 1 aromatic heterocycles. The van der Waals surface area contributed by atoms with Crippen molar-refractivity contribution in [1.82, 2.24) is 14.2 Å². The van der Waals surface area contributed by atoms with Gasteiger partial charge in [-0.25, -0.2) is 13.4 Å². The zero-order chi connectivity index (χ0) is 12.5. The maximum Gasteiger partial charge on any atom is 0.211 e. The van der Waals surface area contributed by atoms with E-state index in [1.807, 2.05) is 6.92 Å². The lowest BCUT2D eigenvalue weighted by atomic mass is 10.3. The molecule has 0 unspecified atom stereocenters. The molecule has 1 aromatic rings. The maximum atomic E-state index is 11.4. The minimum absolute atomic E-state index is 0.585. The normalized spacial score (nSPS) is 19.6. The van der Waals surface area contributed by atoms with E-state index in [0.717, 1.165) is 30.3 Å². The molecule has 1 aliphatic rings. The summed E-state index contributed by atoms with van der Waals surface area (Å²) in [5.74, 6) is 0. The van der Waals surface area contributed by atoms with Crippen molar-refractivity contribution in [1.29, 1.82) is 0 Å². The topological polar surface area (TPSA) is 53.5 Å². The molecule has 17 heavy (non-hydrogen) atoms. The Balaban J connectivity index is 1.87. The van der Waals surface area contributed by atoms with Crippen LogP contribution in [0.3, 0.4) is 0 Å². The molecule has 2 rings (SSSR count). The second kappa shape index (κ2) is 5.01. The minimum Gasteiger partial charge on any atom is -0.295 e. The van der Waals surface area contributed by atoms with Gasteiger partial charge in [0.1, 0.15) is 0 Å². The summed E-state index contributed by atoms with van der Waals surface area (Å²) in [5, 5.41) is 3.15. The highest BCUT2D eigenvalue weighted by atomic mass is 32.2. The van der Waals surface area contributed by atoms with Crippen LogP contribution in [0.15, 0.2) is 5.38 Å². The van der Waals surface area contributed by atoms with Gasteiger partial charge in [0.15, 0.2) is 0 Å². The van der Waals surface area contributed by atoms with Crippen LogP contribution < -0.4 is 0 Å². The summed E-state index contributed by atoms with van der Waals surface area (Å²) in [4.78, 5) is 6.66. The standard InChI is InChI=1S/C10H17N3O2S2/c1-9-11-10(8-16-9)7-12-3-5-13(6-4-12)17(2,14)15/h8H,3-7H2,1-2H3. The Bertz CT molecular complexity index is 475. The molecule has 0 spiro atoms. The lowest BCUT2D eigenvalue weighted by Gasteiger charge is -2.32. The first-order valence-electron chi connectivity index (χ1n) is 5.53. The number of thiazole rings is 1. The van der Waals surface area contributed by atoms with E-state index in [1.54, 1.807) is 11.3 Å². The molecule has 0 bridgehead atoms. The molecule has 5 nitrogen and oxygen atoms in total. The zero-order valence-corrected chi connectivity index (χ0v) is 11.7. The predicted molar refractivity (Wildman–Crippen MR) is 68.5 cm³/mol. The van der Waals surface area contributed by atoms with Crippen molar-refractivity contribution in [2.24, 2.45) is 0 Å². The van der Waals surface area contributed by atoms with E-state index in [4.69, 9.17) is 0 Å². The van der Waals surface area contributed by atoms with Crippen molar-refractivity contribution in [3.05, 3.63) is 16.1 Å². The van der Waals surface area contributed by atoms with Crippen molar-refractivity contribution in [3.63, 3.8) is 0 Å². The number of nitrogens with zero attached hydrogens (tertiary/aromatic N) is 3. The minimum atomic E-state index is -3.02. The van der Waals surface area contributed by atoms with Gasteiger partial charge in [0.25, 0.3) is 0 Å². The van der Waals surface area contributed by atoms with E-state index in [0.29, 0.717) is 13.1 Å². The molecule has 0 aromatic carbocycles. The largest absolute Gasteiger partial charge is 0.295 e. The predicted octanol–water partition coefficient (Wildman–Crippen LogP) is 0.529. The smallest absolute Gasteiger partial charge is 0.211 e. The van der Waals surface area contributed by atoms with Gasteiger partial charge in [-0.3, -0.25) is 4.90 Å². The van der Waals surface area contributed by atoms with Crippen molar-refractivity contribution < 1.29 is 8.42 Å². The Morgan fingerprint density at radius 1 is 1.35 bits per heavy atom. The van der Waals surface area contributed by atoms with E-state index in [2.05, 4.69) is 15.3 Å². The highest BCUT2D eigenvalue weighted by Crippen LogP contribution is 2.13. The lowest BCUT2D eigenvalue weighted by Crippen LogP contribution is -2.47. The molecule has 0 amide bonds. The van der Waals surface area contributed by atoms with Gasteiger partial charge in [0.2, 0.25) is 10.0 Å². The summed E-state index contributed by atoms with van der Waals surface area (Å²) < 4.78 is 24.2. The molecule has 0 aliphatic carbocycles. The second-order valence-corrected chi connectivity index (χ2v) is 7.34. The maximum absolute atomic E-state index is 11.4. The van der Waals surface area contributed by atoms with Crippen molar-refractivity contribution in [2.45, 2.75) is 13.5 Å². The molecule has 0 atom stereocenters. The molecule has 0 radical (unpaired) electrons. The highest BCUT2D eigenvalue weighted by Gasteiger charge is 2.23. The first kappa shape index (κ1) is 12.9. The van der Waals surface area contributed by atoms with Gasteiger partial charge in [-0.1, -0.05) is 0 Å². The summed E-state index contributed by atoms with van der Waals surface area (Å²) in [6.45, 7) is 5.55. The van der Waals surface area contributed by atoms with Crippen LogP contribution in [0.1, 0.15) is 10.7 Å². The highest BCUT2D eigenvalue weighted by molar-refractivity contribution is 7.88. The molecule has 1 aliphatic heterocycles. The molecule has 0 saturated carbocycles. The summed E-state index contributed by atoms with van der Waals surface area (Å²) in [6, 6.07) is 0. The van der Waals surface area contributed by atoms with Gasteiger partial charge in [-0.05, 0) is 6.92 Å². The van der Waals surface area contributed by atoms with E-state index in [9.17, 15) is 8.42 Å². The third kappa shape index (κ3) is 3.48. The number of piperazine rings is 1. The van der Waals surface area contributed by atoms with E-state index in [1.165, 1.54) is 10.6 Å². The number of aryl methyl sites for hydroxylation is 1. The Labute approximate surface area is 106 Å². The average Bonchev–Trinajstić information content (AvgIpc) is 2.63. The van der Waals surface area contributed by atoms with Crippen LogP contribution in [-0.2, 0) is 16.6 Å². The molecule has 7 heteroatoms. The molecule has 96 valence electrons. The van der Waals surface area contributed by atoms with Gasteiger partial charge in [-0.2, -0.15) is 4.31 Å². The molecule has 1 saturated heterocycles. The second-order valence-electron chi connectivity index (χ2n) is 4.30. The third-order valence-electron chi connectivity index (χ3n) is 2.85. The summed E-state index contributed by atoms with van der Waals surface area (Å²) in [6.07, 6.45) is 1.27. The third-order valence-corrected chi connectivity index (χ3v) is 4.98. The van der Waals surface area contributed by atoms with Crippen LogP contribution in [0.4, 0.5) is 0 Å². The Hall–Kier alpha value is -0.500. The van der Waals surface area contributed by atoms with E-state index < -0.39 is 10.0 Å².